The lowest BCUT2D eigenvalue weighted by molar-refractivity contribution is -0.132. The van der Waals surface area contributed by atoms with E-state index in [2.05, 4.69) is 10.6 Å². The molecule has 6 heteroatoms. The molecule has 0 bridgehead atoms. The molecule has 0 aromatic heterocycles. The minimum Gasteiger partial charge on any atom is -0.491 e. The van der Waals surface area contributed by atoms with Crippen molar-refractivity contribution >= 4 is 5.91 Å². The quantitative estimate of drug-likeness (QED) is 0.741. The summed E-state index contributed by atoms with van der Waals surface area (Å²) in [6, 6.07) is 6.99. The summed E-state index contributed by atoms with van der Waals surface area (Å²) in [6.07, 6.45) is -0.637. The van der Waals surface area contributed by atoms with E-state index >= 15 is 0 Å². The molecular weight excluding hydrogens is 287 g/mol. The Kier molecular flexibility index (Phi) is 5.37. The lowest BCUT2D eigenvalue weighted by atomic mass is 10.0. The van der Waals surface area contributed by atoms with Gasteiger partial charge in [0.25, 0.3) is 5.91 Å². The first-order chi connectivity index (χ1) is 10.4. The Labute approximate surface area is 129 Å². The summed E-state index contributed by atoms with van der Waals surface area (Å²) in [5.74, 6) is 0.0473. The van der Waals surface area contributed by atoms with Gasteiger partial charge in [-0.05, 0) is 38.1 Å². The Balaban J connectivity index is 1.86. The first kappa shape index (κ1) is 16.7. The summed E-state index contributed by atoms with van der Waals surface area (Å²) in [6.45, 7) is 4.36. The van der Waals surface area contributed by atoms with Crippen molar-refractivity contribution in [1.29, 1.82) is 0 Å². The van der Waals surface area contributed by atoms with Gasteiger partial charge in [-0.1, -0.05) is 12.1 Å². The van der Waals surface area contributed by atoms with E-state index in [1.54, 1.807) is 24.3 Å². The lowest BCUT2D eigenvalue weighted by Gasteiger charge is -2.19. The molecule has 1 aromatic carbocycles. The van der Waals surface area contributed by atoms with E-state index in [0.717, 1.165) is 5.75 Å². The molecule has 2 unspecified atom stereocenters. The second-order valence-electron chi connectivity index (χ2n) is 5.85. The smallest absolute Gasteiger partial charge is 0.259 e. The molecule has 1 fully saturated rings. The Morgan fingerprint density at radius 2 is 2.14 bits per heavy atom. The summed E-state index contributed by atoms with van der Waals surface area (Å²) in [7, 11) is 0. The first-order valence-electron chi connectivity index (χ1n) is 7.53. The van der Waals surface area contributed by atoms with Crippen LogP contribution in [0, 0.1) is 0 Å². The summed E-state index contributed by atoms with van der Waals surface area (Å²) in [5.41, 5.74) is -1.22. The lowest BCUT2D eigenvalue weighted by Crippen LogP contribution is -2.46. The fourth-order valence-electron chi connectivity index (χ4n) is 2.36. The Morgan fingerprint density at radius 1 is 1.45 bits per heavy atom. The molecule has 0 aliphatic carbocycles. The number of nitrogens with one attached hydrogen (secondary N) is 2. The normalized spacial score (nSPS) is 22.6. The maximum absolute atomic E-state index is 14.2. The third-order valence-electron chi connectivity index (χ3n) is 3.60. The van der Waals surface area contributed by atoms with Crippen LogP contribution in [0.1, 0.15) is 31.9 Å². The molecule has 1 aliphatic rings. The molecule has 3 N–H and O–H groups in total. The van der Waals surface area contributed by atoms with E-state index in [1.165, 1.54) is 0 Å². The van der Waals surface area contributed by atoms with Gasteiger partial charge < -0.3 is 20.5 Å². The van der Waals surface area contributed by atoms with Gasteiger partial charge >= 0.3 is 0 Å². The van der Waals surface area contributed by atoms with Crippen LogP contribution in [-0.4, -0.2) is 42.4 Å². The number of carbonyl (C=O) groups excluding carboxylic acids is 1. The van der Waals surface area contributed by atoms with Crippen LogP contribution in [0.2, 0.25) is 0 Å². The number of ether oxygens (including phenoxy) is 1. The van der Waals surface area contributed by atoms with Crippen molar-refractivity contribution in [3.8, 4) is 5.75 Å². The van der Waals surface area contributed by atoms with Crippen molar-refractivity contribution in [3.63, 3.8) is 0 Å². The van der Waals surface area contributed by atoms with Gasteiger partial charge in [-0.15, -0.1) is 0 Å². The summed E-state index contributed by atoms with van der Waals surface area (Å²) in [5, 5.41) is 15.4. The number of hydrogen-bond donors (Lipinski definition) is 3. The average molecular weight is 310 g/mol. The number of rotatable bonds is 6. The van der Waals surface area contributed by atoms with Crippen LogP contribution in [0.4, 0.5) is 4.39 Å². The van der Waals surface area contributed by atoms with Crippen LogP contribution >= 0.6 is 0 Å². The highest BCUT2D eigenvalue weighted by Gasteiger charge is 2.41. The molecule has 122 valence electrons. The maximum atomic E-state index is 14.2. The molecule has 1 amide bonds. The second kappa shape index (κ2) is 7.07. The number of aliphatic hydroxyl groups is 1. The number of carbonyl (C=O) groups is 1. The highest BCUT2D eigenvalue weighted by Crippen LogP contribution is 2.21. The molecule has 1 aliphatic heterocycles. The predicted octanol–water partition coefficient (Wildman–Crippen LogP) is 1.32. The monoisotopic (exact) mass is 310 g/mol. The maximum Gasteiger partial charge on any atom is 0.259 e. The van der Waals surface area contributed by atoms with Gasteiger partial charge in [0, 0.05) is 19.5 Å². The molecule has 5 nitrogen and oxygen atoms in total. The number of benzene rings is 1. The van der Waals surface area contributed by atoms with Gasteiger partial charge in [0.1, 0.15) is 5.75 Å². The SMILES string of the molecule is CC(C)Oc1ccc(C(O)CNC(=O)C2(F)CCNC2)cc1. The predicted molar refractivity (Wildman–Crippen MR) is 81.5 cm³/mol. The van der Waals surface area contributed by atoms with Gasteiger partial charge in [-0.2, -0.15) is 0 Å². The third-order valence-corrected chi connectivity index (χ3v) is 3.60. The third kappa shape index (κ3) is 4.18. The van der Waals surface area contributed by atoms with Gasteiger partial charge in [-0.3, -0.25) is 4.79 Å². The highest BCUT2D eigenvalue weighted by atomic mass is 19.1. The summed E-state index contributed by atoms with van der Waals surface area (Å²) in [4.78, 5) is 11.8. The van der Waals surface area contributed by atoms with Crippen molar-refractivity contribution in [2.45, 2.75) is 38.1 Å². The molecular formula is C16H23FN2O3. The van der Waals surface area contributed by atoms with E-state index in [-0.39, 0.29) is 25.6 Å². The zero-order valence-electron chi connectivity index (χ0n) is 12.9. The van der Waals surface area contributed by atoms with Gasteiger partial charge in [0.15, 0.2) is 0 Å². The molecule has 0 spiro atoms. The fraction of sp³-hybridized carbons (Fsp3) is 0.562. The minimum atomic E-state index is -1.87. The Bertz CT molecular complexity index is 499. The molecule has 1 heterocycles. The number of alkyl halides is 1. The van der Waals surface area contributed by atoms with E-state index in [9.17, 15) is 14.3 Å². The van der Waals surface area contributed by atoms with Crippen LogP contribution in [-0.2, 0) is 4.79 Å². The molecule has 1 aromatic rings. The standard InChI is InChI=1S/C16H23FN2O3/c1-11(2)22-13-5-3-12(4-6-13)14(20)9-19-15(21)16(17)7-8-18-10-16/h3-6,11,14,18,20H,7-10H2,1-2H3,(H,19,21). The second-order valence-corrected chi connectivity index (χ2v) is 5.85. The summed E-state index contributed by atoms with van der Waals surface area (Å²) < 4.78 is 19.7. The zero-order chi connectivity index (χ0) is 16.2. The molecule has 2 rings (SSSR count). The van der Waals surface area contributed by atoms with Gasteiger partial charge in [0.05, 0.1) is 12.2 Å². The van der Waals surface area contributed by atoms with E-state index in [4.69, 9.17) is 4.74 Å². The number of amides is 1. The van der Waals surface area contributed by atoms with Crippen molar-refractivity contribution in [2.24, 2.45) is 0 Å². The van der Waals surface area contributed by atoms with Crippen molar-refractivity contribution in [1.82, 2.24) is 10.6 Å². The fourth-order valence-corrected chi connectivity index (χ4v) is 2.36. The van der Waals surface area contributed by atoms with Crippen LogP contribution in [0.3, 0.4) is 0 Å². The van der Waals surface area contributed by atoms with Crippen LogP contribution in [0.15, 0.2) is 24.3 Å². The molecule has 1 saturated heterocycles. The average Bonchev–Trinajstić information content (AvgIpc) is 2.92. The zero-order valence-corrected chi connectivity index (χ0v) is 12.9. The largest absolute Gasteiger partial charge is 0.491 e. The number of hydrogen-bond acceptors (Lipinski definition) is 4. The van der Waals surface area contributed by atoms with Crippen molar-refractivity contribution in [2.75, 3.05) is 19.6 Å². The van der Waals surface area contributed by atoms with E-state index in [1.807, 2.05) is 13.8 Å². The van der Waals surface area contributed by atoms with Crippen LogP contribution in [0.25, 0.3) is 0 Å². The van der Waals surface area contributed by atoms with Crippen LogP contribution in [0.5, 0.6) is 5.75 Å². The molecule has 0 radical (unpaired) electrons. The van der Waals surface area contributed by atoms with E-state index in [0.29, 0.717) is 12.1 Å². The molecule has 0 saturated carbocycles. The first-order valence-corrected chi connectivity index (χ1v) is 7.53. The summed E-state index contributed by atoms with van der Waals surface area (Å²) >= 11 is 0. The van der Waals surface area contributed by atoms with Crippen LogP contribution < -0.4 is 15.4 Å². The molecule has 2 atom stereocenters. The van der Waals surface area contributed by atoms with Crippen molar-refractivity contribution in [3.05, 3.63) is 29.8 Å². The Morgan fingerprint density at radius 3 is 2.68 bits per heavy atom. The number of aliphatic hydroxyl groups excluding tert-OH is 1. The minimum absolute atomic E-state index is 0.0190. The van der Waals surface area contributed by atoms with Gasteiger partial charge in [-0.25, -0.2) is 4.39 Å². The highest BCUT2D eigenvalue weighted by molar-refractivity contribution is 5.85. The van der Waals surface area contributed by atoms with Crippen molar-refractivity contribution < 1.29 is 19.0 Å². The van der Waals surface area contributed by atoms with E-state index < -0.39 is 17.7 Å². The molecule has 22 heavy (non-hydrogen) atoms. The number of halogens is 1. The van der Waals surface area contributed by atoms with Gasteiger partial charge in [0.2, 0.25) is 5.67 Å². The topological polar surface area (TPSA) is 70.6 Å². The Hall–Kier alpha value is -1.66.